The van der Waals surface area contributed by atoms with E-state index in [0.717, 1.165) is 6.07 Å². The molecular formula is C12H16ClF3N2O. The second-order valence-corrected chi connectivity index (χ2v) is 4.14. The molecule has 1 aromatic rings. The van der Waals surface area contributed by atoms with E-state index in [1.807, 2.05) is 0 Å². The first kappa shape index (κ1) is 17.7. The fourth-order valence-corrected chi connectivity index (χ4v) is 1.62. The predicted octanol–water partition coefficient (Wildman–Crippen LogP) is 2.43. The highest BCUT2D eigenvalue weighted by molar-refractivity contribution is 5.85. The monoisotopic (exact) mass is 296 g/mol. The zero-order chi connectivity index (χ0) is 13.9. The van der Waals surface area contributed by atoms with Gasteiger partial charge in [-0.25, -0.2) is 0 Å². The smallest absolute Gasteiger partial charge is 0.340 e. The Hall–Kier alpha value is -1.27. The van der Waals surface area contributed by atoms with Gasteiger partial charge in [-0.2, -0.15) is 13.2 Å². The molecule has 1 aromatic carbocycles. The zero-order valence-electron chi connectivity index (χ0n) is 10.6. The average Bonchev–Trinajstić information content (AvgIpc) is 2.27. The molecule has 1 atom stereocenters. The van der Waals surface area contributed by atoms with Crippen LogP contribution in [0.1, 0.15) is 18.1 Å². The Morgan fingerprint density at radius 1 is 1.37 bits per heavy atom. The number of halogens is 4. The third-order valence-corrected chi connectivity index (χ3v) is 2.50. The summed E-state index contributed by atoms with van der Waals surface area (Å²) in [6, 6.07) is 4.45. The number of rotatable bonds is 3. The van der Waals surface area contributed by atoms with E-state index in [1.165, 1.54) is 37.1 Å². The van der Waals surface area contributed by atoms with Gasteiger partial charge in [0.2, 0.25) is 5.91 Å². The number of hydrogen-bond donors (Lipinski definition) is 1. The van der Waals surface area contributed by atoms with Gasteiger partial charge in [-0.15, -0.1) is 12.4 Å². The van der Waals surface area contributed by atoms with E-state index in [2.05, 4.69) is 0 Å². The van der Waals surface area contributed by atoms with Crippen molar-refractivity contribution in [2.24, 2.45) is 5.73 Å². The molecule has 1 amide bonds. The summed E-state index contributed by atoms with van der Waals surface area (Å²) in [7, 11) is 1.43. The van der Waals surface area contributed by atoms with Crippen molar-refractivity contribution < 1.29 is 18.0 Å². The van der Waals surface area contributed by atoms with Crippen molar-refractivity contribution in [3.05, 3.63) is 35.4 Å². The fraction of sp³-hybridized carbons (Fsp3) is 0.417. The van der Waals surface area contributed by atoms with Gasteiger partial charge in [0.15, 0.2) is 0 Å². The van der Waals surface area contributed by atoms with Gasteiger partial charge in [0.25, 0.3) is 0 Å². The molecule has 19 heavy (non-hydrogen) atoms. The zero-order valence-corrected chi connectivity index (χ0v) is 11.4. The molecule has 0 heterocycles. The highest BCUT2D eigenvalue weighted by atomic mass is 35.5. The average molecular weight is 297 g/mol. The summed E-state index contributed by atoms with van der Waals surface area (Å²) >= 11 is 0. The molecular weight excluding hydrogens is 281 g/mol. The number of likely N-dealkylation sites (N-methyl/N-ethyl adjacent to an activating group) is 1. The summed E-state index contributed by atoms with van der Waals surface area (Å²) in [5, 5.41) is 0. The number of hydrogen-bond acceptors (Lipinski definition) is 2. The second-order valence-electron chi connectivity index (χ2n) is 4.14. The summed E-state index contributed by atoms with van der Waals surface area (Å²) in [6.45, 7) is 1.38. The molecule has 0 saturated carbocycles. The lowest BCUT2D eigenvalue weighted by molar-refractivity contribution is -0.139. The summed E-state index contributed by atoms with van der Waals surface area (Å²) in [4.78, 5) is 12.7. The van der Waals surface area contributed by atoms with Crippen LogP contribution in [0.25, 0.3) is 0 Å². The van der Waals surface area contributed by atoms with Crippen LogP contribution in [0, 0.1) is 0 Å². The molecule has 0 aliphatic rings. The summed E-state index contributed by atoms with van der Waals surface area (Å²) in [5.74, 6) is -0.396. The van der Waals surface area contributed by atoms with E-state index < -0.39 is 23.7 Å². The molecule has 3 nitrogen and oxygen atoms in total. The van der Waals surface area contributed by atoms with Crippen LogP contribution in [-0.4, -0.2) is 23.9 Å². The van der Waals surface area contributed by atoms with Crippen LogP contribution in [0.15, 0.2) is 24.3 Å². The Morgan fingerprint density at radius 3 is 2.37 bits per heavy atom. The molecule has 2 N–H and O–H groups in total. The van der Waals surface area contributed by atoms with E-state index in [-0.39, 0.29) is 24.5 Å². The predicted molar refractivity (Wildman–Crippen MR) is 68.8 cm³/mol. The minimum atomic E-state index is -4.42. The van der Waals surface area contributed by atoms with Crippen molar-refractivity contribution in [1.29, 1.82) is 0 Å². The lowest BCUT2D eigenvalue weighted by atomic mass is 10.1. The molecule has 0 aliphatic carbocycles. The van der Waals surface area contributed by atoms with Crippen molar-refractivity contribution >= 4 is 18.3 Å². The number of nitrogens with two attached hydrogens (primary N) is 1. The number of benzene rings is 1. The first-order valence-electron chi connectivity index (χ1n) is 5.39. The number of carbonyl (C=O) groups is 1. The standard InChI is InChI=1S/C12H15F3N2O.ClH/c1-8(16)11(18)17(2)7-9-5-3-4-6-10(9)12(13,14)15;/h3-6,8H,7,16H2,1-2H3;1H. The van der Waals surface area contributed by atoms with E-state index >= 15 is 0 Å². The van der Waals surface area contributed by atoms with E-state index in [0.29, 0.717) is 0 Å². The summed E-state index contributed by atoms with van der Waals surface area (Å²) in [6.07, 6.45) is -4.42. The van der Waals surface area contributed by atoms with Gasteiger partial charge in [-0.3, -0.25) is 4.79 Å². The van der Waals surface area contributed by atoms with Gasteiger partial charge in [0.1, 0.15) is 0 Å². The number of amides is 1. The van der Waals surface area contributed by atoms with Gasteiger partial charge in [-0.1, -0.05) is 18.2 Å². The van der Waals surface area contributed by atoms with Gasteiger partial charge >= 0.3 is 6.18 Å². The molecule has 108 valence electrons. The Kier molecular flexibility index (Phi) is 6.32. The number of carbonyl (C=O) groups excluding carboxylic acids is 1. The summed E-state index contributed by atoms with van der Waals surface area (Å²) in [5.41, 5.74) is 4.73. The first-order chi connectivity index (χ1) is 8.23. The quantitative estimate of drug-likeness (QED) is 0.931. The maximum absolute atomic E-state index is 12.7. The van der Waals surface area contributed by atoms with Crippen molar-refractivity contribution in [3.8, 4) is 0 Å². The maximum Gasteiger partial charge on any atom is 0.416 e. The van der Waals surface area contributed by atoms with Gasteiger partial charge < -0.3 is 10.6 Å². The van der Waals surface area contributed by atoms with Crippen LogP contribution < -0.4 is 5.73 Å². The van der Waals surface area contributed by atoms with Gasteiger partial charge in [0, 0.05) is 13.6 Å². The van der Waals surface area contributed by atoms with E-state index in [9.17, 15) is 18.0 Å². The van der Waals surface area contributed by atoms with E-state index in [4.69, 9.17) is 5.73 Å². The molecule has 1 rings (SSSR count). The Bertz CT molecular complexity index is 435. The van der Waals surface area contributed by atoms with Crippen molar-refractivity contribution in [2.45, 2.75) is 25.7 Å². The SMILES string of the molecule is CC(N)C(=O)N(C)Cc1ccccc1C(F)(F)F.Cl. The highest BCUT2D eigenvalue weighted by Crippen LogP contribution is 2.32. The highest BCUT2D eigenvalue weighted by Gasteiger charge is 2.33. The molecule has 0 aliphatic heterocycles. The lowest BCUT2D eigenvalue weighted by Crippen LogP contribution is -2.39. The second kappa shape index (κ2) is 6.77. The minimum Gasteiger partial charge on any atom is -0.340 e. The van der Waals surface area contributed by atoms with Crippen LogP contribution in [0.2, 0.25) is 0 Å². The Labute approximate surface area is 116 Å². The van der Waals surface area contributed by atoms with Crippen LogP contribution in [0.3, 0.4) is 0 Å². The molecule has 0 radical (unpaired) electrons. The minimum absolute atomic E-state index is 0. The maximum atomic E-state index is 12.7. The molecule has 0 saturated heterocycles. The van der Waals surface area contributed by atoms with Gasteiger partial charge in [0.05, 0.1) is 11.6 Å². The third kappa shape index (κ3) is 4.72. The summed E-state index contributed by atoms with van der Waals surface area (Å²) < 4.78 is 38.2. The third-order valence-electron chi connectivity index (χ3n) is 2.50. The van der Waals surface area contributed by atoms with Crippen molar-refractivity contribution in [2.75, 3.05) is 7.05 Å². The first-order valence-corrected chi connectivity index (χ1v) is 5.39. The van der Waals surface area contributed by atoms with Crippen LogP contribution >= 0.6 is 12.4 Å². The molecule has 1 unspecified atom stereocenters. The normalized spacial score (nSPS) is 12.5. The molecule has 0 aromatic heterocycles. The molecule has 0 bridgehead atoms. The molecule has 0 spiro atoms. The molecule has 0 fully saturated rings. The van der Waals surface area contributed by atoms with Crippen LogP contribution in [0.5, 0.6) is 0 Å². The van der Waals surface area contributed by atoms with E-state index in [1.54, 1.807) is 0 Å². The van der Waals surface area contributed by atoms with Crippen molar-refractivity contribution in [1.82, 2.24) is 4.90 Å². The largest absolute Gasteiger partial charge is 0.416 e. The Balaban J connectivity index is 0.00000324. The fourth-order valence-electron chi connectivity index (χ4n) is 1.62. The van der Waals surface area contributed by atoms with Gasteiger partial charge in [-0.05, 0) is 18.6 Å². The van der Waals surface area contributed by atoms with Crippen LogP contribution in [0.4, 0.5) is 13.2 Å². The number of nitrogens with zero attached hydrogens (tertiary/aromatic N) is 1. The van der Waals surface area contributed by atoms with Crippen molar-refractivity contribution in [3.63, 3.8) is 0 Å². The topological polar surface area (TPSA) is 46.3 Å². The Morgan fingerprint density at radius 2 is 1.89 bits per heavy atom. The van der Waals surface area contributed by atoms with Crippen LogP contribution in [-0.2, 0) is 17.5 Å². The number of alkyl halides is 3. The lowest BCUT2D eigenvalue weighted by Gasteiger charge is -2.21. The molecule has 7 heteroatoms.